The third kappa shape index (κ3) is 3.88. The van der Waals surface area contributed by atoms with Crippen molar-refractivity contribution in [2.24, 2.45) is 0 Å². The number of aryl methyl sites for hydroxylation is 1. The molecule has 0 N–H and O–H groups in total. The lowest BCUT2D eigenvalue weighted by molar-refractivity contribution is 0.384. The minimum atomic E-state index is -3.31. The van der Waals surface area contributed by atoms with E-state index in [4.69, 9.17) is 9.47 Å². The minimum absolute atomic E-state index is 0.0659. The fraction of sp³-hybridized carbons (Fsp3) is 0.600. The quantitative estimate of drug-likeness (QED) is 0.692. The third-order valence-electron chi connectivity index (χ3n) is 3.30. The fourth-order valence-electron chi connectivity index (χ4n) is 2.15. The Hall–Kier alpha value is -1.23. The molecule has 0 saturated carbocycles. The van der Waals surface area contributed by atoms with E-state index in [0.717, 1.165) is 31.2 Å². The summed E-state index contributed by atoms with van der Waals surface area (Å²) in [6.45, 7) is 3.77. The SMILES string of the molecule is CCCCCc1cc(OC)cc(OC)c1S(=O)(=O)CC. The lowest BCUT2D eigenvalue weighted by atomic mass is 10.1. The maximum atomic E-state index is 12.3. The van der Waals surface area contributed by atoms with Gasteiger partial charge in [0.25, 0.3) is 0 Å². The van der Waals surface area contributed by atoms with Gasteiger partial charge in [0.05, 0.1) is 20.0 Å². The van der Waals surface area contributed by atoms with E-state index in [2.05, 4.69) is 6.92 Å². The molecule has 0 saturated heterocycles. The standard InChI is InChI=1S/C15H24O4S/c1-5-7-8-9-12-10-13(18-3)11-14(19-4)15(12)20(16,17)6-2/h10-11H,5-9H2,1-4H3. The number of unbranched alkanes of at least 4 members (excludes halogenated alkanes) is 2. The molecule has 0 unspecified atom stereocenters. The van der Waals surface area contributed by atoms with E-state index in [1.165, 1.54) is 7.11 Å². The Balaban J connectivity index is 3.35. The first-order valence-electron chi connectivity index (χ1n) is 6.97. The molecule has 0 spiro atoms. The van der Waals surface area contributed by atoms with Crippen LogP contribution < -0.4 is 9.47 Å². The van der Waals surface area contributed by atoms with Crippen molar-refractivity contribution >= 4 is 9.84 Å². The number of rotatable bonds is 8. The van der Waals surface area contributed by atoms with E-state index < -0.39 is 9.84 Å². The summed E-state index contributed by atoms with van der Waals surface area (Å²) < 4.78 is 35.1. The first-order valence-corrected chi connectivity index (χ1v) is 8.63. The average molecular weight is 300 g/mol. The smallest absolute Gasteiger partial charge is 0.182 e. The fourth-order valence-corrected chi connectivity index (χ4v) is 3.45. The molecule has 20 heavy (non-hydrogen) atoms. The van der Waals surface area contributed by atoms with Crippen LogP contribution in [0.5, 0.6) is 11.5 Å². The zero-order chi connectivity index (χ0) is 15.2. The van der Waals surface area contributed by atoms with Gasteiger partial charge in [0, 0.05) is 6.07 Å². The Bertz CT molecular complexity index is 535. The van der Waals surface area contributed by atoms with Crippen LogP contribution in [0.1, 0.15) is 38.7 Å². The monoisotopic (exact) mass is 300 g/mol. The summed E-state index contributed by atoms with van der Waals surface area (Å²) in [6.07, 6.45) is 3.84. The molecular weight excluding hydrogens is 276 g/mol. The molecule has 1 rings (SSSR count). The van der Waals surface area contributed by atoms with Crippen LogP contribution >= 0.6 is 0 Å². The Labute approximate surface area is 122 Å². The summed E-state index contributed by atoms with van der Waals surface area (Å²) in [7, 11) is -0.261. The lowest BCUT2D eigenvalue weighted by Crippen LogP contribution is -2.10. The molecule has 5 heteroatoms. The summed E-state index contributed by atoms with van der Waals surface area (Å²) in [6, 6.07) is 3.44. The zero-order valence-electron chi connectivity index (χ0n) is 12.7. The van der Waals surface area contributed by atoms with Gasteiger partial charge in [-0.1, -0.05) is 26.7 Å². The summed E-state index contributed by atoms with van der Waals surface area (Å²) in [5.41, 5.74) is 0.788. The zero-order valence-corrected chi connectivity index (χ0v) is 13.5. The molecule has 0 amide bonds. The first-order chi connectivity index (χ1) is 9.50. The predicted molar refractivity (Wildman–Crippen MR) is 80.5 cm³/mol. The number of sulfone groups is 1. The molecule has 0 bridgehead atoms. The molecule has 0 fully saturated rings. The van der Waals surface area contributed by atoms with Crippen molar-refractivity contribution in [1.82, 2.24) is 0 Å². The summed E-state index contributed by atoms with van der Waals surface area (Å²) in [4.78, 5) is 0.319. The Kier molecular flexibility index (Phi) is 6.33. The van der Waals surface area contributed by atoms with E-state index in [0.29, 0.717) is 16.4 Å². The molecule has 0 atom stereocenters. The van der Waals surface area contributed by atoms with E-state index in [1.54, 1.807) is 26.2 Å². The van der Waals surface area contributed by atoms with E-state index in [9.17, 15) is 8.42 Å². The molecule has 0 aliphatic carbocycles. The highest BCUT2D eigenvalue weighted by atomic mass is 32.2. The molecule has 0 heterocycles. The Morgan fingerprint density at radius 2 is 1.75 bits per heavy atom. The van der Waals surface area contributed by atoms with Gasteiger partial charge < -0.3 is 9.47 Å². The van der Waals surface area contributed by atoms with Crippen LogP contribution in [-0.2, 0) is 16.3 Å². The highest BCUT2D eigenvalue weighted by molar-refractivity contribution is 7.91. The molecule has 1 aromatic rings. The molecule has 4 nitrogen and oxygen atoms in total. The number of hydrogen-bond acceptors (Lipinski definition) is 4. The largest absolute Gasteiger partial charge is 0.497 e. The van der Waals surface area contributed by atoms with Gasteiger partial charge >= 0.3 is 0 Å². The number of ether oxygens (including phenoxy) is 2. The number of hydrogen-bond donors (Lipinski definition) is 0. The second-order valence-corrected chi connectivity index (χ2v) is 6.89. The Morgan fingerprint density at radius 1 is 1.05 bits per heavy atom. The van der Waals surface area contributed by atoms with Crippen LogP contribution in [0.15, 0.2) is 17.0 Å². The summed E-state index contributed by atoms with van der Waals surface area (Å²) >= 11 is 0. The van der Waals surface area contributed by atoms with Crippen LogP contribution in [0.4, 0.5) is 0 Å². The minimum Gasteiger partial charge on any atom is -0.497 e. The van der Waals surface area contributed by atoms with Crippen LogP contribution in [0.2, 0.25) is 0 Å². The van der Waals surface area contributed by atoms with E-state index >= 15 is 0 Å². The van der Waals surface area contributed by atoms with Crippen molar-refractivity contribution in [2.45, 2.75) is 44.4 Å². The van der Waals surface area contributed by atoms with Crippen molar-refractivity contribution in [3.05, 3.63) is 17.7 Å². The van der Waals surface area contributed by atoms with Gasteiger partial charge in [-0.05, 0) is 24.5 Å². The highest BCUT2D eigenvalue weighted by Crippen LogP contribution is 2.34. The van der Waals surface area contributed by atoms with Crippen molar-refractivity contribution in [3.8, 4) is 11.5 Å². The van der Waals surface area contributed by atoms with E-state index in [-0.39, 0.29) is 5.75 Å². The van der Waals surface area contributed by atoms with Gasteiger partial charge in [-0.3, -0.25) is 0 Å². The average Bonchev–Trinajstić information content (AvgIpc) is 2.46. The van der Waals surface area contributed by atoms with Gasteiger partial charge in [0.15, 0.2) is 9.84 Å². The first kappa shape index (κ1) is 16.8. The predicted octanol–water partition coefficient (Wildman–Crippen LogP) is 3.23. The molecule has 0 aliphatic heterocycles. The topological polar surface area (TPSA) is 52.6 Å². The Morgan fingerprint density at radius 3 is 2.25 bits per heavy atom. The van der Waals surface area contributed by atoms with Gasteiger partial charge in [0.1, 0.15) is 16.4 Å². The number of methoxy groups -OCH3 is 2. The molecule has 0 radical (unpaired) electrons. The molecule has 0 aromatic heterocycles. The normalized spacial score (nSPS) is 11.4. The van der Waals surface area contributed by atoms with Gasteiger partial charge in [-0.2, -0.15) is 0 Å². The second-order valence-electron chi connectivity index (χ2n) is 4.68. The van der Waals surface area contributed by atoms with Gasteiger partial charge in [0.2, 0.25) is 0 Å². The molecule has 0 aliphatic rings. The van der Waals surface area contributed by atoms with Crippen molar-refractivity contribution in [2.75, 3.05) is 20.0 Å². The van der Waals surface area contributed by atoms with Crippen molar-refractivity contribution < 1.29 is 17.9 Å². The molecular formula is C15H24O4S. The van der Waals surface area contributed by atoms with Crippen LogP contribution in [-0.4, -0.2) is 28.4 Å². The molecule has 1 aromatic carbocycles. The lowest BCUT2D eigenvalue weighted by Gasteiger charge is -2.15. The summed E-state index contributed by atoms with van der Waals surface area (Å²) in [5, 5.41) is 0. The summed E-state index contributed by atoms with van der Waals surface area (Å²) in [5.74, 6) is 1.07. The van der Waals surface area contributed by atoms with Crippen molar-refractivity contribution in [1.29, 1.82) is 0 Å². The van der Waals surface area contributed by atoms with E-state index in [1.807, 2.05) is 0 Å². The van der Waals surface area contributed by atoms with Gasteiger partial charge in [-0.15, -0.1) is 0 Å². The van der Waals surface area contributed by atoms with Crippen LogP contribution in [0, 0.1) is 0 Å². The molecule has 114 valence electrons. The highest BCUT2D eigenvalue weighted by Gasteiger charge is 2.23. The maximum absolute atomic E-state index is 12.3. The maximum Gasteiger partial charge on any atom is 0.182 e. The van der Waals surface area contributed by atoms with Gasteiger partial charge in [-0.25, -0.2) is 8.42 Å². The van der Waals surface area contributed by atoms with Crippen LogP contribution in [0.3, 0.4) is 0 Å². The van der Waals surface area contributed by atoms with Crippen LogP contribution in [0.25, 0.3) is 0 Å². The van der Waals surface area contributed by atoms with Crippen molar-refractivity contribution in [3.63, 3.8) is 0 Å². The third-order valence-corrected chi connectivity index (χ3v) is 5.15. The second kappa shape index (κ2) is 7.53. The number of benzene rings is 1.